The molecule has 45 heavy (non-hydrogen) atoms. The van der Waals surface area contributed by atoms with Crippen molar-refractivity contribution >= 4 is 22.4 Å². The summed E-state index contributed by atoms with van der Waals surface area (Å²) in [6, 6.07) is 12.5. The minimum absolute atomic E-state index is 0.271. The number of hydrogen-bond donors (Lipinski definition) is 2. The lowest BCUT2D eigenvalue weighted by atomic mass is 10.2. The molecule has 11 heteroatoms. The van der Waals surface area contributed by atoms with Crippen molar-refractivity contribution in [3.63, 3.8) is 0 Å². The first-order valence-electron chi connectivity index (χ1n) is 16.0. The van der Waals surface area contributed by atoms with Crippen molar-refractivity contribution in [3.8, 4) is 22.8 Å². The number of hydrogen-bond acceptors (Lipinski definition) is 10. The second-order valence-corrected chi connectivity index (χ2v) is 11.9. The van der Waals surface area contributed by atoms with Gasteiger partial charge in [0.15, 0.2) is 0 Å². The molecule has 2 N–H and O–H groups in total. The number of ether oxygens (including phenoxy) is 2. The van der Waals surface area contributed by atoms with Crippen molar-refractivity contribution in [3.05, 3.63) is 55.0 Å². The highest BCUT2D eigenvalue weighted by Gasteiger charge is 2.17. The minimum Gasteiger partial charge on any atom is -0.497 e. The van der Waals surface area contributed by atoms with Gasteiger partial charge in [-0.2, -0.15) is 5.10 Å². The van der Waals surface area contributed by atoms with Gasteiger partial charge in [0.05, 0.1) is 43.3 Å². The molecule has 11 nitrogen and oxygen atoms in total. The molecule has 0 bridgehead atoms. The summed E-state index contributed by atoms with van der Waals surface area (Å²) >= 11 is 0. The first-order chi connectivity index (χ1) is 21.9. The number of aliphatic hydroxyl groups excluding tert-OH is 1. The fourth-order valence-electron chi connectivity index (χ4n) is 5.73. The molecule has 0 spiro atoms. The zero-order valence-electron chi connectivity index (χ0n) is 27.2. The molecule has 1 aliphatic rings. The quantitative estimate of drug-likeness (QED) is 0.192. The van der Waals surface area contributed by atoms with Gasteiger partial charge < -0.3 is 34.6 Å². The summed E-state index contributed by atoms with van der Waals surface area (Å²) in [6.07, 6.45) is 7.68. The van der Waals surface area contributed by atoms with Crippen LogP contribution in [0.2, 0.25) is 0 Å². The molecular formula is C34H48N8O3. The van der Waals surface area contributed by atoms with Crippen LogP contribution in [0.4, 0.5) is 11.4 Å². The Morgan fingerprint density at radius 3 is 2.24 bits per heavy atom. The van der Waals surface area contributed by atoms with Crippen LogP contribution in [-0.4, -0.2) is 114 Å². The number of fused-ring (bicyclic) bond motifs is 1. The van der Waals surface area contributed by atoms with Crippen LogP contribution in [0.3, 0.4) is 0 Å². The number of anilines is 2. The molecular weight excluding hydrogens is 568 g/mol. The van der Waals surface area contributed by atoms with Crippen LogP contribution in [0.1, 0.15) is 26.7 Å². The molecule has 0 unspecified atom stereocenters. The predicted molar refractivity (Wildman–Crippen MR) is 180 cm³/mol. The summed E-state index contributed by atoms with van der Waals surface area (Å²) in [5.41, 5.74) is 5.43. The van der Waals surface area contributed by atoms with Crippen LogP contribution in [0.15, 0.2) is 55.0 Å². The third-order valence-electron chi connectivity index (χ3n) is 8.26. The highest BCUT2D eigenvalue weighted by atomic mass is 16.5. The summed E-state index contributed by atoms with van der Waals surface area (Å²) in [5, 5.41) is 17.2. The van der Waals surface area contributed by atoms with Gasteiger partial charge in [-0.15, -0.1) is 0 Å². The van der Waals surface area contributed by atoms with E-state index in [0.29, 0.717) is 6.04 Å². The highest BCUT2D eigenvalue weighted by Crippen LogP contribution is 2.34. The van der Waals surface area contributed by atoms with Crippen LogP contribution in [-0.2, 0) is 6.54 Å². The average molecular weight is 617 g/mol. The fraction of sp³-hybridized carbons (Fsp3) is 0.500. The Hall–Kier alpha value is -3.77. The van der Waals surface area contributed by atoms with E-state index in [1.807, 2.05) is 41.3 Å². The lowest BCUT2D eigenvalue weighted by Crippen LogP contribution is -2.46. The van der Waals surface area contributed by atoms with Crippen molar-refractivity contribution in [2.24, 2.45) is 0 Å². The number of methoxy groups -OCH3 is 2. The van der Waals surface area contributed by atoms with E-state index >= 15 is 0 Å². The van der Waals surface area contributed by atoms with Gasteiger partial charge in [-0.3, -0.25) is 9.67 Å². The normalized spacial score (nSPS) is 14.4. The Bertz CT molecular complexity index is 1480. The fourth-order valence-corrected chi connectivity index (χ4v) is 5.73. The molecule has 1 fully saturated rings. The summed E-state index contributed by atoms with van der Waals surface area (Å²) in [4.78, 5) is 17.0. The second kappa shape index (κ2) is 16.0. The molecule has 4 aromatic rings. The Balaban J connectivity index is 1.28. The molecule has 2 aromatic carbocycles. The first-order valence-corrected chi connectivity index (χ1v) is 16.0. The molecule has 2 aromatic heterocycles. The molecule has 1 saturated heterocycles. The summed E-state index contributed by atoms with van der Waals surface area (Å²) < 4.78 is 13.1. The molecule has 0 atom stereocenters. The van der Waals surface area contributed by atoms with Gasteiger partial charge in [-0.1, -0.05) is 13.8 Å². The van der Waals surface area contributed by atoms with E-state index < -0.39 is 0 Å². The Morgan fingerprint density at radius 1 is 0.867 bits per heavy atom. The van der Waals surface area contributed by atoms with E-state index in [4.69, 9.17) is 24.5 Å². The van der Waals surface area contributed by atoms with Gasteiger partial charge in [-0.25, -0.2) is 4.98 Å². The van der Waals surface area contributed by atoms with E-state index in [2.05, 4.69) is 57.3 Å². The van der Waals surface area contributed by atoms with E-state index in [0.717, 1.165) is 117 Å². The molecule has 1 aliphatic heterocycles. The van der Waals surface area contributed by atoms with Crippen LogP contribution < -0.4 is 19.7 Å². The Labute approximate surface area is 266 Å². The average Bonchev–Trinajstić information content (AvgIpc) is 3.54. The monoisotopic (exact) mass is 616 g/mol. The van der Waals surface area contributed by atoms with Crippen LogP contribution >= 0.6 is 0 Å². The Kier molecular flexibility index (Phi) is 11.6. The number of benzene rings is 2. The molecule has 3 heterocycles. The van der Waals surface area contributed by atoms with Crippen molar-refractivity contribution < 1.29 is 14.6 Å². The number of aryl methyl sites for hydroxylation is 1. The number of nitrogens with one attached hydrogen (secondary N) is 1. The second-order valence-electron chi connectivity index (χ2n) is 11.9. The molecule has 0 saturated carbocycles. The molecule has 242 valence electrons. The first kappa shape index (κ1) is 32.6. The smallest absolute Gasteiger partial charge is 0.124 e. The van der Waals surface area contributed by atoms with Crippen molar-refractivity contribution in [2.45, 2.75) is 39.3 Å². The number of rotatable bonds is 16. The van der Waals surface area contributed by atoms with E-state index in [-0.39, 0.29) is 6.61 Å². The Morgan fingerprint density at radius 2 is 1.58 bits per heavy atom. The maximum Gasteiger partial charge on any atom is 0.124 e. The SMILES string of the molecule is COc1cc(OC)cc(N(CCNC(C)C)c2ccc3ncc(-c4cnn(CCCN5CCN(CCCO)CC5)c4)nc3c2)c1. The number of aliphatic hydroxyl groups is 1. The van der Waals surface area contributed by atoms with Gasteiger partial charge in [0.25, 0.3) is 0 Å². The lowest BCUT2D eigenvalue weighted by molar-refractivity contribution is 0.122. The zero-order chi connectivity index (χ0) is 31.6. The number of nitrogens with zero attached hydrogens (tertiary/aromatic N) is 7. The molecule has 0 aliphatic carbocycles. The van der Waals surface area contributed by atoms with Crippen LogP contribution in [0, 0.1) is 0 Å². The summed E-state index contributed by atoms with van der Waals surface area (Å²) in [5.74, 6) is 1.48. The maximum atomic E-state index is 9.07. The van der Waals surface area contributed by atoms with Crippen molar-refractivity contribution in [2.75, 3.05) is 78.1 Å². The van der Waals surface area contributed by atoms with Gasteiger partial charge in [0.2, 0.25) is 0 Å². The highest BCUT2D eigenvalue weighted by molar-refractivity contribution is 5.82. The van der Waals surface area contributed by atoms with Gasteiger partial charge in [-0.05, 0) is 37.6 Å². The van der Waals surface area contributed by atoms with Crippen molar-refractivity contribution in [1.82, 2.24) is 34.9 Å². The summed E-state index contributed by atoms with van der Waals surface area (Å²) in [7, 11) is 3.34. The van der Waals surface area contributed by atoms with Crippen LogP contribution in [0.5, 0.6) is 11.5 Å². The predicted octanol–water partition coefficient (Wildman–Crippen LogP) is 4.04. The molecule has 5 rings (SSSR count). The summed E-state index contributed by atoms with van der Waals surface area (Å²) in [6.45, 7) is 13.4. The number of piperazine rings is 1. The third kappa shape index (κ3) is 8.91. The number of aromatic nitrogens is 4. The van der Waals surface area contributed by atoms with Gasteiger partial charge >= 0.3 is 0 Å². The molecule has 0 radical (unpaired) electrons. The van der Waals surface area contributed by atoms with E-state index in [1.165, 1.54) is 0 Å². The topological polar surface area (TPSA) is 104 Å². The largest absolute Gasteiger partial charge is 0.497 e. The zero-order valence-corrected chi connectivity index (χ0v) is 27.2. The molecule has 0 amide bonds. The standard InChI is InChI=1S/C34H48N8O3/c1-26(2)35-9-13-42(29-19-30(44-3)22-31(20-29)45-4)28-7-8-32-33(21-28)38-34(24-36-32)27-23-37-41(25-27)12-5-10-39-14-16-40(17-15-39)11-6-18-43/h7-8,19-26,35,43H,5-6,9-18H2,1-4H3. The lowest BCUT2D eigenvalue weighted by Gasteiger charge is -2.34. The minimum atomic E-state index is 0.271. The van der Waals surface area contributed by atoms with E-state index in [9.17, 15) is 0 Å². The van der Waals surface area contributed by atoms with Crippen molar-refractivity contribution in [1.29, 1.82) is 0 Å². The van der Waals surface area contributed by atoms with Crippen LogP contribution in [0.25, 0.3) is 22.3 Å². The maximum absolute atomic E-state index is 9.07. The van der Waals surface area contributed by atoms with Gasteiger partial charge in [0.1, 0.15) is 11.5 Å². The van der Waals surface area contributed by atoms with E-state index in [1.54, 1.807) is 14.2 Å². The third-order valence-corrected chi connectivity index (χ3v) is 8.26. The van der Waals surface area contributed by atoms with Gasteiger partial charge in [0, 0.05) is 106 Å².